The number of hydrogen-bond donors (Lipinski definition) is 1. The molecule has 3 heterocycles. The average Bonchev–Trinajstić information content (AvgIpc) is 2.96. The summed E-state index contributed by atoms with van der Waals surface area (Å²) < 4.78 is 1.72. The van der Waals surface area contributed by atoms with Crippen molar-refractivity contribution in [3.63, 3.8) is 0 Å². The number of nitrogens with zero attached hydrogens (tertiary/aromatic N) is 4. The summed E-state index contributed by atoms with van der Waals surface area (Å²) in [6.07, 6.45) is 7.19. The van der Waals surface area contributed by atoms with E-state index in [1.807, 2.05) is 12.1 Å². The SMILES string of the molecule is N#Cc1cnn2c1NC1=C(C(=O)CCC1)[C@H]2c1cccnc1. The molecule has 22 heavy (non-hydrogen) atoms. The Kier molecular flexibility index (Phi) is 2.79. The molecule has 1 atom stereocenters. The second-order valence-corrected chi connectivity index (χ2v) is 5.45. The van der Waals surface area contributed by atoms with Crippen LogP contribution in [0.15, 0.2) is 42.0 Å². The molecular formula is C16H13N5O. The van der Waals surface area contributed by atoms with Gasteiger partial charge in [0, 0.05) is 30.1 Å². The summed E-state index contributed by atoms with van der Waals surface area (Å²) in [6.45, 7) is 0. The first kappa shape index (κ1) is 12.8. The lowest BCUT2D eigenvalue weighted by molar-refractivity contribution is -0.116. The molecule has 1 aliphatic carbocycles. The number of fused-ring (bicyclic) bond motifs is 1. The van der Waals surface area contributed by atoms with E-state index in [0.29, 0.717) is 17.8 Å². The van der Waals surface area contributed by atoms with E-state index < -0.39 is 0 Å². The maximum absolute atomic E-state index is 12.5. The van der Waals surface area contributed by atoms with Crippen LogP contribution in [0.2, 0.25) is 0 Å². The number of pyridine rings is 1. The number of carbonyl (C=O) groups is 1. The van der Waals surface area contributed by atoms with E-state index in [9.17, 15) is 10.1 Å². The molecule has 0 radical (unpaired) electrons. The van der Waals surface area contributed by atoms with Gasteiger partial charge in [-0.1, -0.05) is 6.07 Å². The number of nitriles is 1. The zero-order valence-corrected chi connectivity index (χ0v) is 11.8. The Hall–Kier alpha value is -2.94. The highest BCUT2D eigenvalue weighted by Gasteiger charge is 2.36. The predicted octanol–water partition coefficient (Wildman–Crippen LogP) is 2.17. The van der Waals surface area contributed by atoms with Gasteiger partial charge < -0.3 is 5.32 Å². The third kappa shape index (κ3) is 1.76. The normalized spacial score (nSPS) is 20.0. The summed E-state index contributed by atoms with van der Waals surface area (Å²) in [7, 11) is 0. The monoisotopic (exact) mass is 291 g/mol. The van der Waals surface area contributed by atoms with Gasteiger partial charge in [-0.3, -0.25) is 9.78 Å². The number of anilines is 1. The minimum absolute atomic E-state index is 0.141. The summed E-state index contributed by atoms with van der Waals surface area (Å²) in [5.74, 6) is 0.798. The van der Waals surface area contributed by atoms with E-state index >= 15 is 0 Å². The summed E-state index contributed by atoms with van der Waals surface area (Å²) in [5.41, 5.74) is 3.05. The molecule has 108 valence electrons. The van der Waals surface area contributed by atoms with Crippen molar-refractivity contribution in [2.45, 2.75) is 25.3 Å². The number of rotatable bonds is 1. The number of hydrogen-bond acceptors (Lipinski definition) is 5. The Morgan fingerprint density at radius 1 is 1.36 bits per heavy atom. The topological polar surface area (TPSA) is 83.6 Å². The molecular weight excluding hydrogens is 278 g/mol. The van der Waals surface area contributed by atoms with E-state index in [2.05, 4.69) is 21.5 Å². The van der Waals surface area contributed by atoms with Crippen LogP contribution < -0.4 is 5.32 Å². The van der Waals surface area contributed by atoms with Crippen LogP contribution >= 0.6 is 0 Å². The number of aromatic nitrogens is 3. The Labute approximate surface area is 127 Å². The number of allylic oxidation sites excluding steroid dienone is 2. The maximum Gasteiger partial charge on any atom is 0.163 e. The molecule has 0 aromatic carbocycles. The highest BCUT2D eigenvalue weighted by molar-refractivity contribution is 5.99. The van der Waals surface area contributed by atoms with Gasteiger partial charge in [-0.15, -0.1) is 0 Å². The number of carbonyl (C=O) groups excluding carboxylic acids is 1. The van der Waals surface area contributed by atoms with Crippen molar-refractivity contribution in [2.24, 2.45) is 0 Å². The van der Waals surface area contributed by atoms with E-state index in [0.717, 1.165) is 29.7 Å². The molecule has 0 fully saturated rings. The Balaban J connectivity index is 1.96. The largest absolute Gasteiger partial charge is 0.342 e. The van der Waals surface area contributed by atoms with Gasteiger partial charge in [-0.05, 0) is 24.5 Å². The molecule has 2 aromatic heterocycles. The summed E-state index contributed by atoms with van der Waals surface area (Å²) in [6, 6.07) is 5.62. The van der Waals surface area contributed by atoms with Gasteiger partial charge in [0.25, 0.3) is 0 Å². The summed E-state index contributed by atoms with van der Waals surface area (Å²) in [5, 5.41) is 16.8. The van der Waals surface area contributed by atoms with Crippen molar-refractivity contribution in [3.05, 3.63) is 53.1 Å². The molecule has 4 rings (SSSR count). The van der Waals surface area contributed by atoms with Crippen molar-refractivity contribution in [1.29, 1.82) is 5.26 Å². The Morgan fingerprint density at radius 3 is 3.05 bits per heavy atom. The molecule has 0 saturated heterocycles. The molecule has 1 N–H and O–H groups in total. The van der Waals surface area contributed by atoms with Gasteiger partial charge in [0.1, 0.15) is 23.5 Å². The van der Waals surface area contributed by atoms with Crippen LogP contribution in [0.3, 0.4) is 0 Å². The molecule has 6 heteroatoms. The Morgan fingerprint density at radius 2 is 2.27 bits per heavy atom. The highest BCUT2D eigenvalue weighted by atomic mass is 16.1. The fraction of sp³-hybridized carbons (Fsp3) is 0.250. The molecule has 0 bridgehead atoms. The van der Waals surface area contributed by atoms with E-state index in [1.54, 1.807) is 17.1 Å². The first-order chi connectivity index (χ1) is 10.8. The van der Waals surface area contributed by atoms with Gasteiger partial charge in [-0.2, -0.15) is 10.4 Å². The Bertz CT molecular complexity index is 828. The van der Waals surface area contributed by atoms with E-state index in [-0.39, 0.29) is 11.8 Å². The van der Waals surface area contributed by atoms with Crippen molar-refractivity contribution in [3.8, 4) is 6.07 Å². The van der Waals surface area contributed by atoms with Gasteiger partial charge >= 0.3 is 0 Å². The molecule has 2 aliphatic rings. The second kappa shape index (κ2) is 4.81. The smallest absolute Gasteiger partial charge is 0.163 e. The molecule has 0 amide bonds. The van der Waals surface area contributed by atoms with Gasteiger partial charge in [0.05, 0.1) is 6.20 Å². The van der Waals surface area contributed by atoms with E-state index in [1.165, 1.54) is 6.20 Å². The van der Waals surface area contributed by atoms with Crippen molar-refractivity contribution < 1.29 is 4.79 Å². The first-order valence-corrected chi connectivity index (χ1v) is 7.20. The third-order valence-corrected chi connectivity index (χ3v) is 4.16. The van der Waals surface area contributed by atoms with Crippen LogP contribution in [0.5, 0.6) is 0 Å². The van der Waals surface area contributed by atoms with Gasteiger partial charge in [0.2, 0.25) is 0 Å². The quantitative estimate of drug-likeness (QED) is 0.870. The number of nitrogens with one attached hydrogen (secondary N) is 1. The van der Waals surface area contributed by atoms with Crippen LogP contribution in [0.25, 0.3) is 0 Å². The fourth-order valence-electron chi connectivity index (χ4n) is 3.19. The zero-order chi connectivity index (χ0) is 15.1. The van der Waals surface area contributed by atoms with Crippen LogP contribution in [-0.2, 0) is 4.79 Å². The van der Waals surface area contributed by atoms with Crippen molar-refractivity contribution in [2.75, 3.05) is 5.32 Å². The second-order valence-electron chi connectivity index (χ2n) is 5.45. The van der Waals surface area contributed by atoms with E-state index in [4.69, 9.17) is 0 Å². The highest BCUT2D eigenvalue weighted by Crippen LogP contribution is 2.40. The van der Waals surface area contributed by atoms with Gasteiger partial charge in [0.15, 0.2) is 5.78 Å². The molecule has 2 aromatic rings. The van der Waals surface area contributed by atoms with Crippen molar-refractivity contribution >= 4 is 11.6 Å². The summed E-state index contributed by atoms with van der Waals surface area (Å²) in [4.78, 5) is 16.6. The summed E-state index contributed by atoms with van der Waals surface area (Å²) >= 11 is 0. The lowest BCUT2D eigenvalue weighted by Gasteiger charge is -2.33. The lowest BCUT2D eigenvalue weighted by Crippen LogP contribution is -2.31. The minimum Gasteiger partial charge on any atom is -0.342 e. The third-order valence-electron chi connectivity index (χ3n) is 4.16. The predicted molar refractivity (Wildman–Crippen MR) is 78.8 cm³/mol. The number of Topliss-reactive ketones (excluding diaryl/α,β-unsaturated/α-hetero) is 1. The van der Waals surface area contributed by atoms with Gasteiger partial charge in [-0.25, -0.2) is 4.68 Å². The zero-order valence-electron chi connectivity index (χ0n) is 11.8. The number of ketones is 1. The van der Waals surface area contributed by atoms with Crippen LogP contribution in [0.4, 0.5) is 5.82 Å². The maximum atomic E-state index is 12.5. The lowest BCUT2D eigenvalue weighted by atomic mass is 9.86. The fourth-order valence-corrected chi connectivity index (χ4v) is 3.19. The van der Waals surface area contributed by atoms with Crippen LogP contribution in [-0.4, -0.2) is 20.5 Å². The molecule has 0 saturated carbocycles. The van der Waals surface area contributed by atoms with Crippen molar-refractivity contribution in [1.82, 2.24) is 14.8 Å². The molecule has 6 nitrogen and oxygen atoms in total. The van der Waals surface area contributed by atoms with Crippen LogP contribution in [0, 0.1) is 11.3 Å². The standard InChI is InChI=1S/C16H13N5O/c17-7-11-9-19-21-15(10-3-2-6-18-8-10)14-12(20-16(11)21)4-1-5-13(14)22/h2-3,6,8-9,15,20H,1,4-5H2/t15-/m1/s1. The molecule has 0 unspecified atom stereocenters. The molecule has 1 aliphatic heterocycles. The minimum atomic E-state index is -0.310. The first-order valence-electron chi connectivity index (χ1n) is 7.20. The molecule has 0 spiro atoms. The average molecular weight is 291 g/mol. The van der Waals surface area contributed by atoms with Crippen LogP contribution in [0.1, 0.15) is 36.4 Å².